The minimum absolute atomic E-state index is 0. The maximum Gasteiger partial charge on any atom is 0.254 e. The monoisotopic (exact) mass is 354 g/mol. The molecule has 2 saturated heterocycles. The Bertz CT molecular complexity index is 512. The lowest BCUT2D eigenvalue weighted by molar-refractivity contribution is -0.160. The lowest BCUT2D eigenvalue weighted by Gasteiger charge is -2.41. The number of para-hydroxylation sites is 1. The summed E-state index contributed by atoms with van der Waals surface area (Å²) >= 11 is 0. The van der Waals surface area contributed by atoms with Gasteiger partial charge in [-0.1, -0.05) is 18.2 Å². The Labute approximate surface area is 150 Å². The average molecular weight is 355 g/mol. The van der Waals surface area contributed by atoms with E-state index in [1.54, 1.807) is 7.11 Å². The number of nitrogens with zero attached hydrogens (tertiary/aromatic N) is 1. The van der Waals surface area contributed by atoms with Crippen molar-refractivity contribution in [1.29, 1.82) is 0 Å². The summed E-state index contributed by atoms with van der Waals surface area (Å²) in [4.78, 5) is 14.9. The number of benzene rings is 1. The maximum atomic E-state index is 12.9. The quantitative estimate of drug-likeness (QED) is 0.901. The third-order valence-electron chi connectivity index (χ3n) is 4.97. The summed E-state index contributed by atoms with van der Waals surface area (Å²) in [5.41, 5.74) is -0.627. The smallest absolute Gasteiger partial charge is 0.254 e. The number of hydrogen-bond donors (Lipinski definition) is 1. The van der Waals surface area contributed by atoms with Crippen LogP contribution in [0.3, 0.4) is 0 Å². The number of carbonyl (C=O) groups is 1. The Morgan fingerprint density at radius 1 is 1.17 bits per heavy atom. The molecule has 3 rings (SSSR count). The highest BCUT2D eigenvalue weighted by molar-refractivity contribution is 5.86. The van der Waals surface area contributed by atoms with E-state index in [0.717, 1.165) is 57.6 Å². The standard InChI is InChI=1S/C18H26N2O3.ClH/c1-22-18(9-11-19-12-10-18)17(21)20-13-7-16(8-14-20)23-15-5-3-2-4-6-15;/h2-6,16,19H,7-14H2,1H3;1H. The van der Waals surface area contributed by atoms with Gasteiger partial charge in [-0.3, -0.25) is 4.79 Å². The number of ether oxygens (including phenoxy) is 2. The number of nitrogens with one attached hydrogen (secondary N) is 1. The molecule has 1 aromatic carbocycles. The zero-order valence-corrected chi connectivity index (χ0v) is 15.0. The van der Waals surface area contributed by atoms with Gasteiger partial charge in [0.25, 0.3) is 5.91 Å². The summed E-state index contributed by atoms with van der Waals surface area (Å²) < 4.78 is 11.7. The highest BCUT2D eigenvalue weighted by Gasteiger charge is 2.43. The van der Waals surface area contributed by atoms with Gasteiger partial charge in [0.15, 0.2) is 0 Å². The van der Waals surface area contributed by atoms with Crippen molar-refractivity contribution >= 4 is 18.3 Å². The van der Waals surface area contributed by atoms with Crippen LogP contribution in [0.2, 0.25) is 0 Å². The molecule has 2 fully saturated rings. The van der Waals surface area contributed by atoms with Crippen LogP contribution in [0.4, 0.5) is 0 Å². The molecule has 1 amide bonds. The van der Waals surface area contributed by atoms with Crippen LogP contribution in [-0.2, 0) is 9.53 Å². The molecule has 0 saturated carbocycles. The number of likely N-dealkylation sites (tertiary alicyclic amines) is 1. The van der Waals surface area contributed by atoms with E-state index in [9.17, 15) is 4.79 Å². The molecule has 5 nitrogen and oxygen atoms in total. The molecule has 134 valence electrons. The molecular weight excluding hydrogens is 328 g/mol. The van der Waals surface area contributed by atoms with Crippen LogP contribution < -0.4 is 10.1 Å². The molecule has 0 spiro atoms. The van der Waals surface area contributed by atoms with Crippen LogP contribution in [0.15, 0.2) is 30.3 Å². The van der Waals surface area contributed by atoms with Gasteiger partial charge in [0.05, 0.1) is 0 Å². The number of halogens is 1. The number of piperidine rings is 2. The second-order valence-electron chi connectivity index (χ2n) is 6.37. The van der Waals surface area contributed by atoms with Gasteiger partial charge >= 0.3 is 0 Å². The minimum Gasteiger partial charge on any atom is -0.490 e. The second kappa shape index (κ2) is 8.70. The number of carbonyl (C=O) groups excluding carboxylic acids is 1. The van der Waals surface area contributed by atoms with E-state index in [0.29, 0.717) is 0 Å². The molecule has 24 heavy (non-hydrogen) atoms. The first-order valence-electron chi connectivity index (χ1n) is 8.50. The molecule has 0 aliphatic carbocycles. The van der Waals surface area contributed by atoms with Crippen LogP contribution in [0, 0.1) is 0 Å². The van der Waals surface area contributed by atoms with Gasteiger partial charge in [-0.2, -0.15) is 0 Å². The number of methoxy groups -OCH3 is 1. The molecule has 0 atom stereocenters. The molecule has 1 aromatic rings. The van der Waals surface area contributed by atoms with E-state index in [1.165, 1.54) is 0 Å². The summed E-state index contributed by atoms with van der Waals surface area (Å²) in [6.45, 7) is 3.17. The average Bonchev–Trinajstić information content (AvgIpc) is 2.63. The van der Waals surface area contributed by atoms with E-state index in [-0.39, 0.29) is 24.4 Å². The van der Waals surface area contributed by atoms with Crippen molar-refractivity contribution in [3.63, 3.8) is 0 Å². The summed E-state index contributed by atoms with van der Waals surface area (Å²) in [6.07, 6.45) is 3.44. The van der Waals surface area contributed by atoms with E-state index in [2.05, 4.69) is 5.32 Å². The molecule has 6 heteroatoms. The summed E-state index contributed by atoms with van der Waals surface area (Å²) in [7, 11) is 1.66. The molecular formula is C18H27ClN2O3. The molecule has 2 aliphatic rings. The lowest BCUT2D eigenvalue weighted by atomic mass is 9.89. The summed E-state index contributed by atoms with van der Waals surface area (Å²) in [6, 6.07) is 9.90. The first-order valence-corrected chi connectivity index (χ1v) is 8.50. The van der Waals surface area contributed by atoms with E-state index in [1.807, 2.05) is 35.2 Å². The Balaban J connectivity index is 0.00000208. The zero-order valence-electron chi connectivity index (χ0n) is 14.2. The van der Waals surface area contributed by atoms with E-state index >= 15 is 0 Å². The predicted octanol–water partition coefficient (Wildman–Crippen LogP) is 2.25. The minimum atomic E-state index is -0.627. The largest absolute Gasteiger partial charge is 0.490 e. The molecule has 0 aromatic heterocycles. The van der Waals surface area contributed by atoms with Crippen LogP contribution in [0.5, 0.6) is 5.75 Å². The Morgan fingerprint density at radius 2 is 1.79 bits per heavy atom. The van der Waals surface area contributed by atoms with E-state index in [4.69, 9.17) is 9.47 Å². The second-order valence-corrected chi connectivity index (χ2v) is 6.37. The third kappa shape index (κ3) is 4.21. The Morgan fingerprint density at radius 3 is 2.38 bits per heavy atom. The van der Waals surface area contributed by atoms with Crippen LogP contribution in [-0.4, -0.2) is 55.8 Å². The summed E-state index contributed by atoms with van der Waals surface area (Å²) in [5, 5.41) is 3.30. The fourth-order valence-electron chi connectivity index (χ4n) is 3.49. The SMILES string of the molecule is COC1(C(=O)N2CCC(Oc3ccccc3)CC2)CCNCC1.Cl. The molecule has 2 heterocycles. The maximum absolute atomic E-state index is 12.9. The molecule has 0 radical (unpaired) electrons. The normalized spacial score (nSPS) is 21.0. The summed E-state index contributed by atoms with van der Waals surface area (Å²) in [5.74, 6) is 1.06. The first kappa shape index (κ1) is 19.0. The van der Waals surface area contributed by atoms with Gasteiger partial charge in [-0.15, -0.1) is 12.4 Å². The van der Waals surface area contributed by atoms with Crippen molar-refractivity contribution in [1.82, 2.24) is 10.2 Å². The van der Waals surface area contributed by atoms with Crippen molar-refractivity contribution in [2.75, 3.05) is 33.3 Å². The number of hydrogen-bond acceptors (Lipinski definition) is 4. The van der Waals surface area contributed by atoms with Crippen molar-refractivity contribution in [2.24, 2.45) is 0 Å². The van der Waals surface area contributed by atoms with Crippen LogP contribution in [0.1, 0.15) is 25.7 Å². The number of amides is 1. The first-order chi connectivity index (χ1) is 11.2. The van der Waals surface area contributed by atoms with Gasteiger partial charge in [-0.25, -0.2) is 0 Å². The Hall–Kier alpha value is -1.30. The predicted molar refractivity (Wildman–Crippen MR) is 95.8 cm³/mol. The molecule has 0 unspecified atom stereocenters. The van der Waals surface area contributed by atoms with Gasteiger partial charge in [0.2, 0.25) is 0 Å². The topological polar surface area (TPSA) is 50.8 Å². The van der Waals surface area contributed by atoms with Gasteiger partial charge in [0.1, 0.15) is 17.5 Å². The van der Waals surface area contributed by atoms with Gasteiger partial charge in [-0.05, 0) is 38.1 Å². The Kier molecular flexibility index (Phi) is 6.90. The fourth-order valence-corrected chi connectivity index (χ4v) is 3.49. The van der Waals surface area contributed by atoms with Gasteiger partial charge in [0, 0.05) is 33.0 Å². The van der Waals surface area contributed by atoms with E-state index < -0.39 is 5.60 Å². The van der Waals surface area contributed by atoms with Crippen LogP contribution in [0.25, 0.3) is 0 Å². The highest BCUT2D eigenvalue weighted by Crippen LogP contribution is 2.27. The van der Waals surface area contributed by atoms with Crippen molar-refractivity contribution in [2.45, 2.75) is 37.4 Å². The van der Waals surface area contributed by atoms with Crippen LogP contribution >= 0.6 is 12.4 Å². The highest BCUT2D eigenvalue weighted by atomic mass is 35.5. The third-order valence-corrected chi connectivity index (χ3v) is 4.97. The zero-order chi connectivity index (χ0) is 16.1. The molecule has 1 N–H and O–H groups in total. The van der Waals surface area contributed by atoms with Gasteiger partial charge < -0.3 is 19.7 Å². The number of rotatable bonds is 4. The van der Waals surface area contributed by atoms with Crippen molar-refractivity contribution in [3.8, 4) is 5.75 Å². The fraction of sp³-hybridized carbons (Fsp3) is 0.611. The molecule has 0 bridgehead atoms. The molecule has 2 aliphatic heterocycles. The van der Waals surface area contributed by atoms with Crippen molar-refractivity contribution in [3.05, 3.63) is 30.3 Å². The lowest BCUT2D eigenvalue weighted by Crippen LogP contribution is -2.57. The van der Waals surface area contributed by atoms with Crippen molar-refractivity contribution < 1.29 is 14.3 Å².